The highest BCUT2D eigenvalue weighted by atomic mass is 16.5. The van der Waals surface area contributed by atoms with Crippen LogP contribution in [0.4, 0.5) is 5.82 Å². The van der Waals surface area contributed by atoms with Crippen molar-refractivity contribution < 1.29 is 9.84 Å². The summed E-state index contributed by atoms with van der Waals surface area (Å²) in [6, 6.07) is 13.2. The molecule has 0 aliphatic carbocycles. The van der Waals surface area contributed by atoms with E-state index in [2.05, 4.69) is 65.6 Å². The van der Waals surface area contributed by atoms with Crippen LogP contribution < -0.4 is 9.64 Å². The molecule has 0 saturated carbocycles. The predicted molar refractivity (Wildman–Crippen MR) is 162 cm³/mol. The van der Waals surface area contributed by atoms with Gasteiger partial charge in [0, 0.05) is 66.5 Å². The molecule has 7 heterocycles. The van der Waals surface area contributed by atoms with Crippen molar-refractivity contribution in [1.29, 1.82) is 5.26 Å². The maximum Gasteiger partial charge on any atom is 0.212 e. The first-order valence-corrected chi connectivity index (χ1v) is 13.7. The number of hydrogen-bond acceptors (Lipinski definition) is 8. The van der Waals surface area contributed by atoms with Gasteiger partial charge in [0.25, 0.3) is 0 Å². The zero-order valence-corrected chi connectivity index (χ0v) is 24.0. The van der Waals surface area contributed by atoms with E-state index in [4.69, 9.17) is 9.72 Å². The number of piperidine rings is 1. The van der Waals surface area contributed by atoms with Gasteiger partial charge in [-0.05, 0) is 49.4 Å². The Morgan fingerprint density at radius 2 is 1.85 bits per heavy atom. The summed E-state index contributed by atoms with van der Waals surface area (Å²) in [5.41, 5.74) is 3.64. The molecule has 7 rings (SSSR count). The minimum Gasteiger partial charge on any atom is -0.481 e. The molecule has 2 unspecified atom stereocenters. The van der Waals surface area contributed by atoms with Crippen molar-refractivity contribution in [2.75, 3.05) is 25.1 Å². The maximum atomic E-state index is 10.1. The summed E-state index contributed by atoms with van der Waals surface area (Å²) in [7, 11) is 6.17. The van der Waals surface area contributed by atoms with Gasteiger partial charge in [0.1, 0.15) is 33.2 Å². The van der Waals surface area contributed by atoms with E-state index < -0.39 is 5.60 Å². The summed E-state index contributed by atoms with van der Waals surface area (Å²) in [4.78, 5) is 14.3. The Kier molecular flexibility index (Phi) is 6.53. The van der Waals surface area contributed by atoms with Gasteiger partial charge >= 0.3 is 0 Å². The van der Waals surface area contributed by atoms with Crippen molar-refractivity contribution in [3.8, 4) is 34.9 Å². The fraction of sp³-hybridized carbons (Fsp3) is 0.333. The first-order valence-electron chi connectivity index (χ1n) is 13.7. The van der Waals surface area contributed by atoms with Crippen LogP contribution >= 0.6 is 0 Å². The normalized spacial score (nSPS) is 18.8. The van der Waals surface area contributed by atoms with Crippen LogP contribution in [0.1, 0.15) is 37.0 Å². The number of anilines is 1. The Morgan fingerprint density at radius 3 is 2.46 bits per heavy atom. The smallest absolute Gasteiger partial charge is 0.212 e. The summed E-state index contributed by atoms with van der Waals surface area (Å²) < 4.78 is 6.91. The minimum atomic E-state index is -1.12. The first-order chi connectivity index (χ1) is 19.6. The second-order valence-electron chi connectivity index (χ2n) is 11.8. The van der Waals surface area contributed by atoms with E-state index >= 15 is 0 Å². The van der Waals surface area contributed by atoms with Gasteiger partial charge in [0.05, 0.1) is 24.4 Å². The second kappa shape index (κ2) is 9.95. The highest BCUT2D eigenvalue weighted by Gasteiger charge is 2.51. The third-order valence-electron chi connectivity index (χ3n) is 8.12. The zero-order valence-electron chi connectivity index (χ0n) is 24.0. The molecule has 3 aliphatic heterocycles. The number of piperazine rings is 1. The van der Waals surface area contributed by atoms with Crippen LogP contribution in [0.5, 0.6) is 5.88 Å². The van der Waals surface area contributed by atoms with Crippen LogP contribution in [0.3, 0.4) is 0 Å². The molecule has 0 aromatic carbocycles. The Morgan fingerprint density at radius 1 is 1.07 bits per heavy atom. The molecule has 3 aliphatic rings. The van der Waals surface area contributed by atoms with E-state index in [0.717, 1.165) is 30.0 Å². The monoisotopic (exact) mass is 543 g/mol. The van der Waals surface area contributed by atoms with Crippen LogP contribution in [0.2, 0.25) is 0 Å². The molecule has 0 amide bonds. The number of methoxy groups -OCH3 is 1. The summed E-state index contributed by atoms with van der Waals surface area (Å²) in [6.45, 7) is 5.10. The Hall–Kier alpha value is -4.31. The molecule has 9 nitrogen and oxygen atoms in total. The molecule has 3 fully saturated rings. The van der Waals surface area contributed by atoms with Crippen LogP contribution in [-0.4, -0.2) is 83.2 Å². The van der Waals surface area contributed by atoms with E-state index in [0.29, 0.717) is 34.6 Å². The molecule has 41 heavy (non-hydrogen) atoms. The summed E-state index contributed by atoms with van der Waals surface area (Å²) in [6.07, 6.45) is 8.29. The number of aromatic nitrogens is 4. The number of fused-ring (bicyclic) bond motifs is 3. The molecule has 0 radical (unpaired) electrons. The topological polar surface area (TPSA) is 103 Å². The fourth-order valence-corrected chi connectivity index (χ4v) is 6.17. The van der Waals surface area contributed by atoms with E-state index in [1.807, 2.05) is 30.6 Å². The second-order valence-corrected chi connectivity index (χ2v) is 11.8. The molecule has 1 N–H and O–H groups in total. The van der Waals surface area contributed by atoms with Gasteiger partial charge in [-0.2, -0.15) is 10.4 Å². The summed E-state index contributed by atoms with van der Waals surface area (Å²) >= 11 is 0. The standard InChI is InChI=1S/C30H31B2N7O2/c1-29(2,40)9-8-19-10-25(28-21(12-33)14-36-38(28)16-19)20-4-6-26(34-13-20)37-17-23-11-24(18-37)39(23)30(31,32)22-5-7-27(41-3)35-15-22/h4-7,10,13-16,23-24,40H,11,17-18,31-32H2,1-3H3. The highest BCUT2D eigenvalue weighted by Crippen LogP contribution is 2.41. The lowest BCUT2D eigenvalue weighted by Crippen LogP contribution is -2.74. The molecule has 204 valence electrons. The quantitative estimate of drug-likeness (QED) is 0.296. The molecule has 3 saturated heterocycles. The molecule has 2 bridgehead atoms. The van der Waals surface area contributed by atoms with E-state index in [9.17, 15) is 10.4 Å². The number of hydrogen-bond donors (Lipinski definition) is 1. The average Bonchev–Trinajstić information content (AvgIpc) is 3.38. The summed E-state index contributed by atoms with van der Waals surface area (Å²) in [5, 5.41) is 24.0. The lowest BCUT2D eigenvalue weighted by molar-refractivity contribution is -0.0304. The predicted octanol–water partition coefficient (Wildman–Crippen LogP) is 1.13. The molecule has 4 aromatic rings. The number of ether oxygens (including phenoxy) is 1. The number of nitriles is 1. The van der Waals surface area contributed by atoms with Gasteiger partial charge in [-0.3, -0.25) is 4.90 Å². The van der Waals surface area contributed by atoms with Gasteiger partial charge < -0.3 is 14.7 Å². The maximum absolute atomic E-state index is 10.1. The van der Waals surface area contributed by atoms with Gasteiger partial charge in [-0.1, -0.05) is 17.9 Å². The Balaban J connectivity index is 1.24. The molecule has 0 spiro atoms. The molecular formula is C30H31B2N7O2. The Bertz CT molecular complexity index is 1700. The van der Waals surface area contributed by atoms with Crippen molar-refractivity contribution in [2.45, 2.75) is 43.3 Å². The lowest BCUT2D eigenvalue weighted by atomic mass is 9.54. The third-order valence-corrected chi connectivity index (χ3v) is 8.12. The highest BCUT2D eigenvalue weighted by molar-refractivity contribution is 6.39. The van der Waals surface area contributed by atoms with Gasteiger partial charge in [-0.25, -0.2) is 14.5 Å². The molecule has 4 aromatic heterocycles. The van der Waals surface area contributed by atoms with Crippen molar-refractivity contribution in [1.82, 2.24) is 24.5 Å². The average molecular weight is 543 g/mol. The first kappa shape index (κ1) is 26.9. The number of pyridine rings is 3. The number of aliphatic hydroxyl groups is 1. The SMILES string of the molecule is BC(B)(c1ccc(OC)nc1)N1C2CC1CN(c1ccc(-c3cc(C#CC(C)(C)O)cn4ncc(C#N)c34)cn1)C2. The van der Waals surface area contributed by atoms with Gasteiger partial charge in [-0.15, -0.1) is 0 Å². The van der Waals surface area contributed by atoms with Crippen molar-refractivity contribution in [3.63, 3.8) is 0 Å². The van der Waals surface area contributed by atoms with Crippen LogP contribution in [0, 0.1) is 23.2 Å². The van der Waals surface area contributed by atoms with E-state index in [-0.39, 0.29) is 5.34 Å². The van der Waals surface area contributed by atoms with E-state index in [1.165, 1.54) is 12.0 Å². The molecular weight excluding hydrogens is 512 g/mol. The van der Waals surface area contributed by atoms with Gasteiger partial charge in [0.15, 0.2) is 0 Å². The minimum absolute atomic E-state index is 0.134. The van der Waals surface area contributed by atoms with Crippen molar-refractivity contribution in [3.05, 3.63) is 71.8 Å². The van der Waals surface area contributed by atoms with Crippen LogP contribution in [0.15, 0.2) is 55.1 Å². The fourth-order valence-electron chi connectivity index (χ4n) is 6.17. The summed E-state index contributed by atoms with van der Waals surface area (Å²) in [5.74, 6) is 7.46. The zero-order chi connectivity index (χ0) is 28.9. The lowest BCUT2D eigenvalue weighted by Gasteiger charge is -2.62. The number of nitrogens with zero attached hydrogens (tertiary/aromatic N) is 7. The third kappa shape index (κ3) is 4.93. The van der Waals surface area contributed by atoms with Crippen LogP contribution in [0.25, 0.3) is 16.6 Å². The van der Waals surface area contributed by atoms with Crippen LogP contribution in [-0.2, 0) is 5.34 Å². The van der Waals surface area contributed by atoms with E-state index in [1.54, 1.807) is 37.9 Å². The van der Waals surface area contributed by atoms with Crippen molar-refractivity contribution >= 4 is 27.0 Å². The largest absolute Gasteiger partial charge is 0.481 e. The Labute approximate surface area is 241 Å². The molecule has 11 heteroatoms. The van der Waals surface area contributed by atoms with Crippen molar-refractivity contribution in [2.24, 2.45) is 0 Å². The van der Waals surface area contributed by atoms with Gasteiger partial charge in [0.2, 0.25) is 5.88 Å². The number of rotatable bonds is 5. The molecule has 2 atom stereocenters.